The first kappa shape index (κ1) is 17.3. The highest BCUT2D eigenvalue weighted by molar-refractivity contribution is 7.11. The highest BCUT2D eigenvalue weighted by Gasteiger charge is 2.33. The zero-order valence-electron chi connectivity index (χ0n) is 13.1. The lowest BCUT2D eigenvalue weighted by molar-refractivity contribution is -0.137. The van der Waals surface area contributed by atoms with Crippen LogP contribution in [-0.4, -0.2) is 17.5 Å². The predicted octanol–water partition coefficient (Wildman–Crippen LogP) is 3.83. The minimum Gasteiger partial charge on any atom is -0.344 e. The molecule has 3 rings (SSSR count). The molecule has 1 aliphatic rings. The summed E-state index contributed by atoms with van der Waals surface area (Å²) in [7, 11) is 1.39. The van der Waals surface area contributed by atoms with E-state index >= 15 is 0 Å². The molecule has 0 radical (unpaired) electrons. The highest BCUT2D eigenvalue weighted by Crippen LogP contribution is 2.43. The molecule has 6 nitrogen and oxygen atoms in total. The van der Waals surface area contributed by atoms with Crippen molar-refractivity contribution in [3.05, 3.63) is 39.7 Å². The predicted molar refractivity (Wildman–Crippen MR) is 89.7 cm³/mol. The van der Waals surface area contributed by atoms with E-state index in [-0.39, 0.29) is 22.3 Å². The molecule has 25 heavy (non-hydrogen) atoms. The van der Waals surface area contributed by atoms with Crippen LogP contribution in [0, 0.1) is 0 Å². The number of anilines is 3. The summed E-state index contributed by atoms with van der Waals surface area (Å²) < 4.78 is 41.8. The van der Waals surface area contributed by atoms with Crippen molar-refractivity contribution in [1.29, 1.82) is 0 Å². The van der Waals surface area contributed by atoms with Crippen LogP contribution in [0.5, 0.6) is 0 Å². The smallest absolute Gasteiger partial charge is 0.344 e. The second kappa shape index (κ2) is 6.43. The van der Waals surface area contributed by atoms with Gasteiger partial charge in [0.15, 0.2) is 0 Å². The average molecular weight is 372 g/mol. The Morgan fingerprint density at radius 3 is 2.60 bits per heavy atom. The zero-order chi connectivity index (χ0) is 18.2. The maximum atomic E-state index is 13.1. The van der Waals surface area contributed by atoms with E-state index in [1.54, 1.807) is 6.07 Å². The molecule has 134 valence electrons. The summed E-state index contributed by atoms with van der Waals surface area (Å²) in [4.78, 5) is 23.2. The van der Waals surface area contributed by atoms with Gasteiger partial charge in [-0.25, -0.2) is 4.79 Å². The first-order valence-electron chi connectivity index (χ1n) is 7.47. The molecule has 0 bridgehead atoms. The number of alkyl halides is 3. The fourth-order valence-electron chi connectivity index (χ4n) is 2.35. The molecular weight excluding hydrogens is 357 g/mol. The molecular formula is C15H15F3N4O2S. The highest BCUT2D eigenvalue weighted by atomic mass is 32.1. The van der Waals surface area contributed by atoms with Crippen molar-refractivity contribution in [1.82, 2.24) is 9.69 Å². The van der Waals surface area contributed by atoms with Crippen LogP contribution in [0.25, 0.3) is 0 Å². The minimum atomic E-state index is -4.46. The molecule has 4 N–H and O–H groups in total. The van der Waals surface area contributed by atoms with Crippen molar-refractivity contribution in [2.75, 3.05) is 17.7 Å². The van der Waals surface area contributed by atoms with Gasteiger partial charge < -0.3 is 16.0 Å². The molecule has 2 aromatic rings. The van der Waals surface area contributed by atoms with Crippen LogP contribution >= 0.6 is 11.5 Å². The van der Waals surface area contributed by atoms with Crippen LogP contribution in [0.15, 0.2) is 23.0 Å². The number of hydrogen-bond acceptors (Lipinski definition) is 4. The van der Waals surface area contributed by atoms with E-state index < -0.39 is 23.3 Å². The van der Waals surface area contributed by atoms with Gasteiger partial charge in [-0.05, 0) is 54.1 Å². The zero-order valence-corrected chi connectivity index (χ0v) is 13.9. The summed E-state index contributed by atoms with van der Waals surface area (Å²) in [6, 6.07) is 3.18. The molecule has 0 aliphatic heterocycles. The Labute approximate surface area is 144 Å². The Balaban J connectivity index is 1.94. The number of carbonyl (C=O) groups is 1. The number of nitrogens with one attached hydrogen (secondary N) is 4. The first-order valence-corrected chi connectivity index (χ1v) is 8.29. The van der Waals surface area contributed by atoms with Crippen molar-refractivity contribution >= 4 is 33.9 Å². The second-order valence-electron chi connectivity index (χ2n) is 5.68. The van der Waals surface area contributed by atoms with Gasteiger partial charge in [-0.3, -0.25) is 9.17 Å². The monoisotopic (exact) mass is 372 g/mol. The van der Waals surface area contributed by atoms with Crippen LogP contribution < -0.4 is 21.5 Å². The van der Waals surface area contributed by atoms with Gasteiger partial charge in [-0.2, -0.15) is 13.2 Å². The van der Waals surface area contributed by atoms with Gasteiger partial charge in [0, 0.05) is 12.7 Å². The van der Waals surface area contributed by atoms with E-state index in [1.807, 2.05) is 0 Å². The standard InChI is InChI=1S/C15H15F3N4O2S/c1-19-14(24)21-11-12(23)22-25-13(11)20-10-5-8(7-2-3-7)4-9(6-10)15(16,17)18/h4-7,20H,2-3H2,1H3,(H,22,23)(H2,19,21,24). The van der Waals surface area contributed by atoms with E-state index in [1.165, 1.54) is 7.05 Å². The summed E-state index contributed by atoms with van der Waals surface area (Å²) in [5, 5.41) is 7.70. The number of halogens is 3. The maximum Gasteiger partial charge on any atom is 0.416 e. The van der Waals surface area contributed by atoms with Crippen LogP contribution in [0.3, 0.4) is 0 Å². The normalized spacial score (nSPS) is 14.2. The summed E-state index contributed by atoms with van der Waals surface area (Å²) >= 11 is 0.894. The van der Waals surface area contributed by atoms with Crippen molar-refractivity contribution in [2.45, 2.75) is 24.9 Å². The summed E-state index contributed by atoms with van der Waals surface area (Å²) in [6.45, 7) is 0. The Bertz CT molecular complexity index is 855. The van der Waals surface area contributed by atoms with Gasteiger partial charge in [0.25, 0.3) is 5.56 Å². The quantitative estimate of drug-likeness (QED) is 0.658. The van der Waals surface area contributed by atoms with Crippen molar-refractivity contribution in [3.63, 3.8) is 0 Å². The number of carbonyl (C=O) groups excluding carboxylic acids is 1. The molecule has 1 aromatic carbocycles. The Morgan fingerprint density at radius 1 is 1.28 bits per heavy atom. The van der Waals surface area contributed by atoms with Crippen molar-refractivity contribution in [3.8, 4) is 0 Å². The lowest BCUT2D eigenvalue weighted by Gasteiger charge is -2.13. The number of amides is 2. The molecule has 0 spiro atoms. The molecule has 0 unspecified atom stereocenters. The summed E-state index contributed by atoms with van der Waals surface area (Å²) in [5.41, 5.74) is -0.503. The van der Waals surface area contributed by atoms with Gasteiger partial charge in [0.1, 0.15) is 10.7 Å². The molecule has 1 saturated carbocycles. The fraction of sp³-hybridized carbons (Fsp3) is 0.333. The van der Waals surface area contributed by atoms with E-state index in [2.05, 4.69) is 20.3 Å². The van der Waals surface area contributed by atoms with Gasteiger partial charge in [-0.15, -0.1) is 0 Å². The molecule has 10 heteroatoms. The number of rotatable bonds is 4. The van der Waals surface area contributed by atoms with Gasteiger partial charge in [-0.1, -0.05) is 0 Å². The van der Waals surface area contributed by atoms with Gasteiger partial charge in [0.2, 0.25) is 0 Å². The van der Waals surface area contributed by atoms with Crippen molar-refractivity contribution < 1.29 is 18.0 Å². The largest absolute Gasteiger partial charge is 0.416 e. The molecule has 2 amide bonds. The molecule has 1 aromatic heterocycles. The van der Waals surface area contributed by atoms with Crippen LogP contribution in [0.4, 0.5) is 34.3 Å². The fourth-order valence-corrected chi connectivity index (χ4v) is 3.06. The third kappa shape index (κ3) is 3.95. The maximum absolute atomic E-state index is 13.1. The number of H-pyrrole nitrogens is 1. The SMILES string of the molecule is CNC(=O)Nc1c(Nc2cc(C3CC3)cc(C(F)(F)F)c2)s[nH]c1=O. The van der Waals surface area contributed by atoms with Gasteiger partial charge in [0.05, 0.1) is 5.56 Å². The number of hydrogen-bond donors (Lipinski definition) is 4. The van der Waals surface area contributed by atoms with E-state index in [0.717, 1.165) is 36.5 Å². The minimum absolute atomic E-state index is 0.0465. The molecule has 1 heterocycles. The third-order valence-corrected chi connectivity index (χ3v) is 4.55. The van der Waals surface area contributed by atoms with Crippen molar-refractivity contribution in [2.24, 2.45) is 0 Å². The second-order valence-corrected chi connectivity index (χ2v) is 6.50. The number of benzene rings is 1. The van der Waals surface area contributed by atoms with Crippen LogP contribution in [0.1, 0.15) is 29.9 Å². The Morgan fingerprint density at radius 2 is 2.00 bits per heavy atom. The first-order chi connectivity index (χ1) is 11.8. The van der Waals surface area contributed by atoms with Crippen LogP contribution in [-0.2, 0) is 6.18 Å². The number of aromatic amines is 1. The summed E-state index contributed by atoms with van der Waals surface area (Å²) in [5.74, 6) is 0.135. The van der Waals surface area contributed by atoms with E-state index in [4.69, 9.17) is 0 Å². The van der Waals surface area contributed by atoms with E-state index in [9.17, 15) is 22.8 Å². The molecule has 0 atom stereocenters. The summed E-state index contributed by atoms with van der Waals surface area (Å²) in [6.07, 6.45) is -2.74. The van der Waals surface area contributed by atoms with Crippen LogP contribution in [0.2, 0.25) is 0 Å². The molecule has 0 saturated heterocycles. The number of urea groups is 1. The molecule has 1 fully saturated rings. The van der Waals surface area contributed by atoms with Gasteiger partial charge >= 0.3 is 12.2 Å². The van der Waals surface area contributed by atoms with E-state index in [0.29, 0.717) is 5.56 Å². The average Bonchev–Trinajstić information content (AvgIpc) is 3.35. The lowest BCUT2D eigenvalue weighted by atomic mass is 10.1. The Hall–Kier alpha value is -2.49. The third-order valence-electron chi connectivity index (χ3n) is 3.75. The molecule has 1 aliphatic carbocycles. The number of aromatic nitrogens is 1. The lowest BCUT2D eigenvalue weighted by Crippen LogP contribution is -2.27. The topological polar surface area (TPSA) is 86.0 Å². The Kier molecular flexibility index (Phi) is 4.46.